The van der Waals surface area contributed by atoms with Crippen molar-refractivity contribution in [2.24, 2.45) is 0 Å². The fraction of sp³-hybridized carbons (Fsp3) is 0.333. The van der Waals surface area contributed by atoms with Crippen LogP contribution in [0.4, 0.5) is 0 Å². The number of nitrogens with zero attached hydrogens (tertiary/aromatic N) is 1. The quantitative estimate of drug-likeness (QED) is 0.423. The number of fused-ring (bicyclic) bond motifs is 1. The SMILES string of the molecule is CC(=O)OCC1=C(C(=O)O)N2C(=O)C(c3ccc(C)cc3)[C@H]2SC1NC=O. The summed E-state index contributed by atoms with van der Waals surface area (Å²) in [6.45, 7) is 2.82. The molecule has 1 fully saturated rings. The van der Waals surface area contributed by atoms with Crippen molar-refractivity contribution in [2.75, 3.05) is 6.61 Å². The molecule has 0 radical (unpaired) electrons. The molecular weight excluding hydrogens is 372 g/mol. The van der Waals surface area contributed by atoms with Crippen LogP contribution in [-0.2, 0) is 23.9 Å². The Labute approximate surface area is 159 Å². The zero-order valence-corrected chi connectivity index (χ0v) is 15.5. The van der Waals surface area contributed by atoms with Gasteiger partial charge in [-0.05, 0) is 12.5 Å². The Morgan fingerprint density at radius 3 is 2.56 bits per heavy atom. The number of hydrogen-bond donors (Lipinski definition) is 2. The molecule has 2 unspecified atom stereocenters. The van der Waals surface area contributed by atoms with Gasteiger partial charge in [-0.3, -0.25) is 19.3 Å². The van der Waals surface area contributed by atoms with Gasteiger partial charge in [-0.25, -0.2) is 4.79 Å². The Hall–Kier alpha value is -2.81. The topological polar surface area (TPSA) is 113 Å². The zero-order valence-electron chi connectivity index (χ0n) is 14.7. The van der Waals surface area contributed by atoms with Crippen LogP contribution in [0.3, 0.4) is 0 Å². The summed E-state index contributed by atoms with van der Waals surface area (Å²) in [5.41, 5.74) is 1.76. The van der Waals surface area contributed by atoms with Crippen molar-refractivity contribution in [3.8, 4) is 0 Å². The van der Waals surface area contributed by atoms with Gasteiger partial charge in [-0.1, -0.05) is 29.8 Å². The number of aliphatic carboxylic acids is 1. The van der Waals surface area contributed by atoms with Crippen molar-refractivity contribution in [2.45, 2.75) is 30.5 Å². The fourth-order valence-electron chi connectivity index (χ4n) is 3.19. The number of carbonyl (C=O) groups excluding carboxylic acids is 3. The van der Waals surface area contributed by atoms with Gasteiger partial charge >= 0.3 is 11.9 Å². The number of amides is 2. The molecule has 2 amide bonds. The minimum Gasteiger partial charge on any atom is -0.477 e. The molecule has 2 N–H and O–H groups in total. The van der Waals surface area contributed by atoms with Gasteiger partial charge in [-0.15, -0.1) is 11.8 Å². The molecule has 9 heteroatoms. The molecule has 0 bridgehead atoms. The molecule has 0 spiro atoms. The van der Waals surface area contributed by atoms with Crippen molar-refractivity contribution < 1.29 is 29.0 Å². The predicted octanol–water partition coefficient (Wildman–Crippen LogP) is 0.968. The predicted molar refractivity (Wildman–Crippen MR) is 96.4 cm³/mol. The van der Waals surface area contributed by atoms with E-state index in [9.17, 15) is 24.3 Å². The zero-order chi connectivity index (χ0) is 19.7. The van der Waals surface area contributed by atoms with Gasteiger partial charge in [0.2, 0.25) is 12.3 Å². The maximum atomic E-state index is 12.8. The summed E-state index contributed by atoms with van der Waals surface area (Å²) < 4.78 is 4.94. The summed E-state index contributed by atoms with van der Waals surface area (Å²) in [4.78, 5) is 48.0. The third-order valence-corrected chi connectivity index (χ3v) is 5.92. The molecule has 2 aliphatic rings. The highest BCUT2D eigenvalue weighted by atomic mass is 32.2. The second-order valence-electron chi connectivity index (χ2n) is 6.25. The number of β-lactam (4-membered cyclic amide) rings is 1. The van der Waals surface area contributed by atoms with E-state index in [1.165, 1.54) is 23.6 Å². The van der Waals surface area contributed by atoms with Gasteiger partial charge in [0.15, 0.2) is 0 Å². The van der Waals surface area contributed by atoms with E-state index in [-0.39, 0.29) is 23.8 Å². The van der Waals surface area contributed by atoms with Crippen LogP contribution in [0.1, 0.15) is 24.0 Å². The summed E-state index contributed by atoms with van der Waals surface area (Å²) in [5, 5.41) is 11.1. The van der Waals surface area contributed by atoms with Gasteiger partial charge in [-0.2, -0.15) is 0 Å². The number of carboxylic acid groups (broad SMARTS) is 1. The largest absolute Gasteiger partial charge is 0.477 e. The van der Waals surface area contributed by atoms with Crippen LogP contribution in [0.2, 0.25) is 0 Å². The molecule has 0 aromatic heterocycles. The Balaban J connectivity index is 1.99. The smallest absolute Gasteiger partial charge is 0.352 e. The van der Waals surface area contributed by atoms with Crippen molar-refractivity contribution in [3.63, 3.8) is 0 Å². The Morgan fingerprint density at radius 2 is 2.00 bits per heavy atom. The molecule has 2 heterocycles. The number of ether oxygens (including phenoxy) is 1. The number of benzene rings is 1. The number of esters is 1. The minimum atomic E-state index is -1.31. The van der Waals surface area contributed by atoms with Crippen LogP contribution in [0.15, 0.2) is 35.5 Å². The number of nitrogens with one attached hydrogen (secondary N) is 1. The van der Waals surface area contributed by atoms with Gasteiger partial charge < -0.3 is 15.2 Å². The van der Waals surface area contributed by atoms with Gasteiger partial charge in [0, 0.05) is 12.5 Å². The first-order valence-electron chi connectivity index (χ1n) is 8.19. The van der Waals surface area contributed by atoms with E-state index < -0.39 is 28.6 Å². The van der Waals surface area contributed by atoms with E-state index in [2.05, 4.69) is 5.32 Å². The molecule has 142 valence electrons. The molecule has 1 saturated heterocycles. The summed E-state index contributed by atoms with van der Waals surface area (Å²) in [6.07, 6.45) is 0.460. The van der Waals surface area contributed by atoms with Crippen LogP contribution >= 0.6 is 11.8 Å². The van der Waals surface area contributed by atoms with Gasteiger partial charge in [0.25, 0.3) is 0 Å². The molecule has 0 aliphatic carbocycles. The summed E-state index contributed by atoms with van der Waals surface area (Å²) in [6, 6.07) is 7.47. The van der Waals surface area contributed by atoms with Crippen LogP contribution in [0, 0.1) is 6.92 Å². The molecule has 3 atom stereocenters. The Morgan fingerprint density at radius 1 is 1.33 bits per heavy atom. The van der Waals surface area contributed by atoms with Crippen molar-refractivity contribution in [3.05, 3.63) is 46.7 Å². The molecular formula is C18H18N2O6S. The molecule has 27 heavy (non-hydrogen) atoms. The normalized spacial score (nSPS) is 24.0. The maximum absolute atomic E-state index is 12.8. The number of carboxylic acids is 1. The summed E-state index contributed by atoms with van der Waals surface area (Å²) in [5.74, 6) is -2.73. The van der Waals surface area contributed by atoms with Crippen LogP contribution in [0.5, 0.6) is 0 Å². The lowest BCUT2D eigenvalue weighted by Crippen LogP contribution is -2.62. The summed E-state index contributed by atoms with van der Waals surface area (Å²) >= 11 is 1.25. The standard InChI is InChI=1S/C18H18N2O6S/c1-9-3-5-11(6-4-9)13-16(23)20-14(18(24)25)12(7-26-10(2)22)15(19-8-21)27-17(13)20/h3-6,8,13,15,17H,7H2,1-2H3,(H,19,21)(H,24,25)/t13?,15?,17-/m1/s1. The minimum absolute atomic E-state index is 0.168. The molecule has 1 aromatic carbocycles. The highest BCUT2D eigenvalue weighted by Crippen LogP contribution is 2.50. The van der Waals surface area contributed by atoms with Crippen LogP contribution in [0.25, 0.3) is 0 Å². The first-order valence-corrected chi connectivity index (χ1v) is 9.14. The molecule has 0 saturated carbocycles. The van der Waals surface area contributed by atoms with Crippen molar-refractivity contribution in [1.29, 1.82) is 0 Å². The second-order valence-corrected chi connectivity index (χ2v) is 7.47. The van der Waals surface area contributed by atoms with E-state index in [0.29, 0.717) is 6.41 Å². The number of thioether (sulfide) groups is 1. The number of carbonyl (C=O) groups is 4. The van der Waals surface area contributed by atoms with E-state index in [0.717, 1.165) is 11.1 Å². The third-order valence-electron chi connectivity index (χ3n) is 4.47. The van der Waals surface area contributed by atoms with E-state index in [4.69, 9.17) is 4.74 Å². The number of rotatable bonds is 6. The molecule has 1 aromatic rings. The average Bonchev–Trinajstić information content (AvgIpc) is 2.61. The summed E-state index contributed by atoms with van der Waals surface area (Å²) in [7, 11) is 0. The van der Waals surface area contributed by atoms with Crippen molar-refractivity contribution in [1.82, 2.24) is 10.2 Å². The second kappa shape index (κ2) is 7.43. The van der Waals surface area contributed by atoms with Crippen LogP contribution < -0.4 is 5.32 Å². The first kappa shape index (κ1) is 19.0. The highest BCUT2D eigenvalue weighted by Gasteiger charge is 2.56. The highest BCUT2D eigenvalue weighted by molar-refractivity contribution is 8.00. The lowest BCUT2D eigenvalue weighted by Gasteiger charge is -2.51. The number of hydrogen-bond acceptors (Lipinski definition) is 6. The monoisotopic (exact) mass is 390 g/mol. The van der Waals surface area contributed by atoms with E-state index in [1.807, 2.05) is 31.2 Å². The fourth-order valence-corrected chi connectivity index (χ4v) is 4.71. The Kier molecular flexibility index (Phi) is 5.22. The average molecular weight is 390 g/mol. The van der Waals surface area contributed by atoms with Gasteiger partial charge in [0.1, 0.15) is 23.1 Å². The van der Waals surface area contributed by atoms with E-state index in [1.54, 1.807) is 0 Å². The third kappa shape index (κ3) is 3.42. The van der Waals surface area contributed by atoms with E-state index >= 15 is 0 Å². The number of aryl methyl sites for hydroxylation is 1. The molecule has 2 aliphatic heterocycles. The lowest BCUT2D eigenvalue weighted by molar-refractivity contribution is -0.148. The molecule has 8 nitrogen and oxygen atoms in total. The lowest BCUT2D eigenvalue weighted by atomic mass is 9.88. The van der Waals surface area contributed by atoms with Crippen molar-refractivity contribution >= 4 is 36.0 Å². The van der Waals surface area contributed by atoms with Crippen LogP contribution in [-0.4, -0.2) is 51.6 Å². The molecule has 3 rings (SSSR count). The Bertz CT molecular complexity index is 835. The van der Waals surface area contributed by atoms with Gasteiger partial charge in [0.05, 0.1) is 5.92 Å². The maximum Gasteiger partial charge on any atom is 0.352 e. The first-order chi connectivity index (χ1) is 12.8.